The Bertz CT molecular complexity index is 696. The summed E-state index contributed by atoms with van der Waals surface area (Å²) in [7, 11) is 0. The zero-order valence-electron chi connectivity index (χ0n) is 12.5. The molecule has 114 valence electrons. The van der Waals surface area contributed by atoms with Crippen LogP contribution in [0.15, 0.2) is 36.5 Å². The van der Waals surface area contributed by atoms with Crippen LogP contribution in [0.5, 0.6) is 0 Å². The normalized spacial score (nSPS) is 14.2. The van der Waals surface area contributed by atoms with Gasteiger partial charge in [-0.1, -0.05) is 6.07 Å². The number of nitrogens with zero attached hydrogens (tertiary/aromatic N) is 2. The third-order valence-corrected chi connectivity index (χ3v) is 5.03. The number of pyridine rings is 1. The van der Waals surface area contributed by atoms with E-state index in [1.165, 1.54) is 18.4 Å². The van der Waals surface area contributed by atoms with Crippen LogP contribution in [-0.2, 0) is 0 Å². The molecule has 5 heteroatoms. The molecule has 2 heterocycles. The van der Waals surface area contributed by atoms with Crippen molar-refractivity contribution in [3.8, 4) is 0 Å². The SMILES string of the molecule is Cc1ccc(NC(=O)c2ccnc(N3CCCC3)c2)cc1I. The summed E-state index contributed by atoms with van der Waals surface area (Å²) < 4.78 is 1.14. The third kappa shape index (κ3) is 3.40. The molecule has 1 fully saturated rings. The van der Waals surface area contributed by atoms with E-state index < -0.39 is 0 Å². The predicted octanol–water partition coefficient (Wildman–Crippen LogP) is 3.85. The number of nitrogens with one attached hydrogen (secondary N) is 1. The molecule has 3 rings (SSSR count). The number of hydrogen-bond donors (Lipinski definition) is 1. The van der Waals surface area contributed by atoms with Crippen molar-refractivity contribution in [2.75, 3.05) is 23.3 Å². The summed E-state index contributed by atoms with van der Waals surface area (Å²) in [6.07, 6.45) is 4.10. The van der Waals surface area contributed by atoms with Crippen molar-refractivity contribution >= 4 is 40.0 Å². The fraction of sp³-hybridized carbons (Fsp3) is 0.294. The van der Waals surface area contributed by atoms with E-state index in [0.717, 1.165) is 28.2 Å². The van der Waals surface area contributed by atoms with Crippen LogP contribution in [0, 0.1) is 10.5 Å². The van der Waals surface area contributed by atoms with Crippen LogP contribution in [-0.4, -0.2) is 24.0 Å². The molecule has 1 saturated heterocycles. The van der Waals surface area contributed by atoms with E-state index in [2.05, 4.69) is 44.7 Å². The standard InChI is InChI=1S/C17H18IN3O/c1-12-4-5-14(11-15(12)18)20-17(22)13-6-7-19-16(10-13)21-8-2-3-9-21/h4-7,10-11H,2-3,8-9H2,1H3,(H,20,22). The summed E-state index contributed by atoms with van der Waals surface area (Å²) in [5.74, 6) is 0.797. The van der Waals surface area contributed by atoms with Crippen molar-refractivity contribution in [1.82, 2.24) is 4.98 Å². The summed E-state index contributed by atoms with van der Waals surface area (Å²) in [5, 5.41) is 2.95. The van der Waals surface area contributed by atoms with Gasteiger partial charge in [0.05, 0.1) is 0 Å². The number of hydrogen-bond acceptors (Lipinski definition) is 3. The summed E-state index contributed by atoms with van der Waals surface area (Å²) in [6, 6.07) is 9.56. The minimum absolute atomic E-state index is 0.0949. The highest BCUT2D eigenvalue weighted by molar-refractivity contribution is 14.1. The molecule has 1 aliphatic heterocycles. The summed E-state index contributed by atoms with van der Waals surface area (Å²) in [4.78, 5) is 19.0. The average molecular weight is 407 g/mol. The second-order valence-electron chi connectivity index (χ2n) is 5.51. The lowest BCUT2D eigenvalue weighted by Gasteiger charge is -2.16. The maximum atomic E-state index is 12.4. The number of anilines is 2. The maximum absolute atomic E-state index is 12.4. The van der Waals surface area contributed by atoms with Crippen molar-refractivity contribution in [2.45, 2.75) is 19.8 Å². The topological polar surface area (TPSA) is 45.2 Å². The lowest BCUT2D eigenvalue weighted by atomic mass is 10.2. The van der Waals surface area contributed by atoms with Crippen molar-refractivity contribution in [3.63, 3.8) is 0 Å². The molecule has 2 aromatic rings. The Labute approximate surface area is 144 Å². The Hall–Kier alpha value is -1.63. The van der Waals surface area contributed by atoms with Gasteiger partial charge in [-0.2, -0.15) is 0 Å². The lowest BCUT2D eigenvalue weighted by Crippen LogP contribution is -2.20. The Morgan fingerprint density at radius 1 is 1.23 bits per heavy atom. The van der Waals surface area contributed by atoms with Gasteiger partial charge in [-0.3, -0.25) is 4.79 Å². The highest BCUT2D eigenvalue weighted by Gasteiger charge is 2.15. The lowest BCUT2D eigenvalue weighted by molar-refractivity contribution is 0.102. The first-order chi connectivity index (χ1) is 10.6. The van der Waals surface area contributed by atoms with Gasteiger partial charge in [0.2, 0.25) is 0 Å². The number of amides is 1. The largest absolute Gasteiger partial charge is 0.357 e. The number of carbonyl (C=O) groups excluding carboxylic acids is 1. The molecular weight excluding hydrogens is 389 g/mol. The molecule has 1 aliphatic rings. The summed E-state index contributed by atoms with van der Waals surface area (Å²) >= 11 is 2.27. The Kier molecular flexibility index (Phi) is 4.61. The van der Waals surface area contributed by atoms with Gasteiger partial charge >= 0.3 is 0 Å². The third-order valence-electron chi connectivity index (χ3n) is 3.87. The van der Waals surface area contributed by atoms with Crippen LogP contribution < -0.4 is 10.2 Å². The molecule has 0 atom stereocenters. The Balaban J connectivity index is 1.76. The van der Waals surface area contributed by atoms with E-state index >= 15 is 0 Å². The van der Waals surface area contributed by atoms with Crippen molar-refractivity contribution in [3.05, 3.63) is 51.2 Å². The zero-order chi connectivity index (χ0) is 15.5. The van der Waals surface area contributed by atoms with Gasteiger partial charge in [0.25, 0.3) is 5.91 Å². The smallest absolute Gasteiger partial charge is 0.255 e. The van der Waals surface area contributed by atoms with Gasteiger partial charge in [0.15, 0.2) is 0 Å². The molecule has 0 radical (unpaired) electrons. The summed E-state index contributed by atoms with van der Waals surface area (Å²) in [6.45, 7) is 4.10. The fourth-order valence-corrected chi connectivity index (χ4v) is 3.07. The van der Waals surface area contributed by atoms with Gasteiger partial charge < -0.3 is 10.2 Å². The van der Waals surface area contributed by atoms with E-state index in [1.807, 2.05) is 24.3 Å². The predicted molar refractivity (Wildman–Crippen MR) is 97.5 cm³/mol. The van der Waals surface area contributed by atoms with Gasteiger partial charge in [0.1, 0.15) is 5.82 Å². The van der Waals surface area contributed by atoms with Crippen molar-refractivity contribution < 1.29 is 4.79 Å². The van der Waals surface area contributed by atoms with Crippen LogP contribution in [0.2, 0.25) is 0 Å². The van der Waals surface area contributed by atoms with Crippen LogP contribution in [0.1, 0.15) is 28.8 Å². The van der Waals surface area contributed by atoms with Crippen LogP contribution in [0.3, 0.4) is 0 Å². The molecule has 0 unspecified atom stereocenters. The highest BCUT2D eigenvalue weighted by atomic mass is 127. The number of aromatic nitrogens is 1. The maximum Gasteiger partial charge on any atom is 0.255 e. The number of halogens is 1. The highest BCUT2D eigenvalue weighted by Crippen LogP contribution is 2.20. The second-order valence-corrected chi connectivity index (χ2v) is 6.68. The van der Waals surface area contributed by atoms with E-state index in [-0.39, 0.29) is 5.91 Å². The Morgan fingerprint density at radius 3 is 2.73 bits per heavy atom. The average Bonchev–Trinajstić information content (AvgIpc) is 3.05. The molecule has 1 N–H and O–H groups in total. The van der Waals surface area contributed by atoms with Crippen LogP contribution in [0.25, 0.3) is 0 Å². The van der Waals surface area contributed by atoms with E-state index in [1.54, 1.807) is 12.3 Å². The van der Waals surface area contributed by atoms with Crippen LogP contribution in [0.4, 0.5) is 11.5 Å². The minimum atomic E-state index is -0.0949. The number of carbonyl (C=O) groups is 1. The minimum Gasteiger partial charge on any atom is -0.357 e. The molecule has 0 aliphatic carbocycles. The number of aryl methyl sites for hydroxylation is 1. The van der Waals surface area contributed by atoms with Gasteiger partial charge in [-0.25, -0.2) is 4.98 Å². The zero-order valence-corrected chi connectivity index (χ0v) is 14.6. The Morgan fingerprint density at radius 2 is 2.00 bits per heavy atom. The van der Waals surface area contributed by atoms with E-state index in [9.17, 15) is 4.79 Å². The first-order valence-electron chi connectivity index (χ1n) is 7.42. The molecule has 0 spiro atoms. The van der Waals surface area contributed by atoms with Crippen molar-refractivity contribution in [2.24, 2.45) is 0 Å². The molecule has 22 heavy (non-hydrogen) atoms. The first kappa shape index (κ1) is 15.3. The monoisotopic (exact) mass is 407 g/mol. The fourth-order valence-electron chi connectivity index (χ4n) is 2.55. The van der Waals surface area contributed by atoms with Gasteiger partial charge in [-0.15, -0.1) is 0 Å². The second kappa shape index (κ2) is 6.64. The number of rotatable bonds is 3. The first-order valence-corrected chi connectivity index (χ1v) is 8.50. The molecule has 1 aromatic heterocycles. The van der Waals surface area contributed by atoms with Gasteiger partial charge in [-0.05, 0) is 72.2 Å². The van der Waals surface area contributed by atoms with Crippen molar-refractivity contribution in [1.29, 1.82) is 0 Å². The van der Waals surface area contributed by atoms with E-state index in [4.69, 9.17) is 0 Å². The molecule has 1 amide bonds. The van der Waals surface area contributed by atoms with Crippen LogP contribution >= 0.6 is 22.6 Å². The molecule has 0 bridgehead atoms. The molecule has 1 aromatic carbocycles. The summed E-state index contributed by atoms with van der Waals surface area (Å²) in [5.41, 5.74) is 2.67. The quantitative estimate of drug-likeness (QED) is 0.787. The van der Waals surface area contributed by atoms with Gasteiger partial charge in [0, 0.05) is 34.1 Å². The van der Waals surface area contributed by atoms with E-state index in [0.29, 0.717) is 5.56 Å². The molecule has 0 saturated carbocycles. The molecule has 4 nitrogen and oxygen atoms in total. The number of benzene rings is 1. The molecular formula is C17H18IN3O.